The Balaban J connectivity index is 0.00000256. The van der Waals surface area contributed by atoms with Crippen molar-refractivity contribution in [2.24, 2.45) is 0 Å². The van der Waals surface area contributed by atoms with Crippen LogP contribution in [0.15, 0.2) is 80.8 Å². The number of thioether (sulfide) groups is 1. The van der Waals surface area contributed by atoms with E-state index in [2.05, 4.69) is 36.8 Å². The third-order valence-electron chi connectivity index (χ3n) is 4.26. The molecule has 2 aromatic heterocycles. The van der Waals surface area contributed by atoms with Crippen molar-refractivity contribution >= 4 is 27.7 Å². The minimum atomic E-state index is 0. The number of nitrogens with one attached hydrogen (secondary N) is 1. The van der Waals surface area contributed by atoms with Gasteiger partial charge >= 0.3 is 0 Å². The summed E-state index contributed by atoms with van der Waals surface area (Å²) < 4.78 is 8.76. The Labute approximate surface area is 194 Å². The Morgan fingerprint density at radius 1 is 1.00 bits per heavy atom. The second-order valence-electron chi connectivity index (χ2n) is 6.36. The number of halogens is 2. The van der Waals surface area contributed by atoms with Crippen LogP contribution < -0.4 is 17.7 Å². The zero-order chi connectivity index (χ0) is 19.9. The van der Waals surface area contributed by atoms with E-state index in [1.165, 1.54) is 0 Å². The fourth-order valence-electron chi connectivity index (χ4n) is 2.81. The molecule has 9 heteroatoms. The van der Waals surface area contributed by atoms with Crippen LogP contribution in [0.3, 0.4) is 0 Å². The van der Waals surface area contributed by atoms with Gasteiger partial charge in [0.25, 0.3) is 0 Å². The Morgan fingerprint density at radius 3 is 2.60 bits per heavy atom. The third kappa shape index (κ3) is 5.95. The first-order valence-corrected chi connectivity index (χ1v) is 11.1. The molecule has 30 heavy (non-hydrogen) atoms. The van der Waals surface area contributed by atoms with Gasteiger partial charge in [0.2, 0.25) is 5.16 Å². The fourth-order valence-corrected chi connectivity index (χ4v) is 3.91. The standard InChI is InChI=1S/C21H20BrN5OS.ClH/c22-17-9-7-16(8-10-17)20-12-11-19(28-20)15-23-13-4-14-29-21-24-25-26-27(21)18-5-2-1-3-6-18;/h1-3,5-12,23H,4,13-15H2;1H/p-1. The van der Waals surface area contributed by atoms with Gasteiger partial charge in [-0.3, -0.25) is 0 Å². The van der Waals surface area contributed by atoms with Crippen LogP contribution in [-0.2, 0) is 6.54 Å². The van der Waals surface area contributed by atoms with Gasteiger partial charge in [-0.1, -0.05) is 58.0 Å². The Kier molecular flexibility index (Phi) is 8.50. The molecule has 0 aliphatic rings. The van der Waals surface area contributed by atoms with E-state index in [0.717, 1.165) is 51.1 Å². The number of aromatic nitrogens is 4. The topological polar surface area (TPSA) is 68.8 Å². The Morgan fingerprint density at radius 2 is 1.80 bits per heavy atom. The summed E-state index contributed by atoms with van der Waals surface area (Å²) in [4.78, 5) is 0. The van der Waals surface area contributed by atoms with Crippen LogP contribution in [0, 0.1) is 0 Å². The SMILES string of the molecule is Brc1ccc(-c2ccc(CNCCCSc3nnnn3-c3ccccc3)o2)cc1.[Cl-]. The monoisotopic (exact) mass is 504 g/mol. The summed E-state index contributed by atoms with van der Waals surface area (Å²) in [7, 11) is 0. The largest absolute Gasteiger partial charge is 1.00 e. The van der Waals surface area contributed by atoms with Crippen molar-refractivity contribution in [1.82, 2.24) is 25.5 Å². The maximum atomic E-state index is 5.93. The van der Waals surface area contributed by atoms with Crippen LogP contribution in [-0.4, -0.2) is 32.5 Å². The highest BCUT2D eigenvalue weighted by molar-refractivity contribution is 9.10. The number of hydrogen-bond donors (Lipinski definition) is 1. The van der Waals surface area contributed by atoms with Gasteiger partial charge in [-0.2, -0.15) is 4.68 Å². The van der Waals surface area contributed by atoms with Crippen LogP contribution in [0.5, 0.6) is 0 Å². The summed E-state index contributed by atoms with van der Waals surface area (Å²) in [6, 6.07) is 22.1. The van der Waals surface area contributed by atoms with Crippen molar-refractivity contribution in [3.05, 3.63) is 77.0 Å². The Bertz CT molecular complexity index is 1040. The molecular formula is C21H20BrClN5OS-. The summed E-state index contributed by atoms with van der Waals surface area (Å²) in [6.07, 6.45) is 1.01. The summed E-state index contributed by atoms with van der Waals surface area (Å²) in [5.41, 5.74) is 2.05. The van der Waals surface area contributed by atoms with Crippen molar-refractivity contribution in [2.75, 3.05) is 12.3 Å². The molecule has 0 atom stereocenters. The summed E-state index contributed by atoms with van der Waals surface area (Å²) >= 11 is 5.11. The van der Waals surface area contributed by atoms with E-state index < -0.39 is 0 Å². The van der Waals surface area contributed by atoms with Gasteiger partial charge in [-0.25, -0.2) is 0 Å². The van der Waals surface area contributed by atoms with E-state index in [1.807, 2.05) is 66.7 Å². The minimum absolute atomic E-state index is 0. The number of benzene rings is 2. The predicted molar refractivity (Wildman–Crippen MR) is 118 cm³/mol. The van der Waals surface area contributed by atoms with Crippen LogP contribution in [0.2, 0.25) is 0 Å². The summed E-state index contributed by atoms with van der Waals surface area (Å²) in [5.74, 6) is 2.75. The zero-order valence-electron chi connectivity index (χ0n) is 16.0. The molecule has 0 amide bonds. The Hall–Kier alpha value is -2.13. The van der Waals surface area contributed by atoms with Gasteiger partial charge in [0.15, 0.2) is 0 Å². The lowest BCUT2D eigenvalue weighted by Gasteiger charge is -2.05. The predicted octanol–water partition coefficient (Wildman–Crippen LogP) is 1.96. The molecule has 0 saturated heterocycles. The van der Waals surface area contributed by atoms with Crippen LogP contribution in [0.25, 0.3) is 17.0 Å². The van der Waals surface area contributed by atoms with Crippen molar-refractivity contribution in [2.45, 2.75) is 18.1 Å². The first-order valence-electron chi connectivity index (χ1n) is 9.31. The molecule has 6 nitrogen and oxygen atoms in total. The lowest BCUT2D eigenvalue weighted by Crippen LogP contribution is -3.00. The van der Waals surface area contributed by atoms with Crippen molar-refractivity contribution < 1.29 is 16.8 Å². The van der Waals surface area contributed by atoms with E-state index in [-0.39, 0.29) is 12.4 Å². The first kappa shape index (κ1) is 22.6. The molecule has 0 bridgehead atoms. The van der Waals surface area contributed by atoms with Gasteiger partial charge in [0, 0.05) is 15.8 Å². The molecule has 2 aromatic carbocycles. The second kappa shape index (κ2) is 11.3. The summed E-state index contributed by atoms with van der Waals surface area (Å²) in [5, 5.41) is 16.2. The highest BCUT2D eigenvalue weighted by atomic mass is 79.9. The summed E-state index contributed by atoms with van der Waals surface area (Å²) in [6.45, 7) is 1.61. The maximum absolute atomic E-state index is 5.93. The van der Waals surface area contributed by atoms with Gasteiger partial charge in [0.1, 0.15) is 11.5 Å². The number of para-hydroxylation sites is 1. The molecule has 0 aliphatic heterocycles. The number of hydrogen-bond acceptors (Lipinski definition) is 6. The average molecular weight is 506 g/mol. The van der Waals surface area contributed by atoms with Gasteiger partial charge in [0.05, 0.1) is 12.2 Å². The number of furan rings is 1. The molecule has 0 spiro atoms. The van der Waals surface area contributed by atoms with Crippen LogP contribution in [0.1, 0.15) is 12.2 Å². The molecular weight excluding hydrogens is 486 g/mol. The van der Waals surface area contributed by atoms with E-state index in [1.54, 1.807) is 16.4 Å². The molecule has 0 fully saturated rings. The highest BCUT2D eigenvalue weighted by Gasteiger charge is 2.08. The quantitative estimate of drug-likeness (QED) is 0.277. The van der Waals surface area contributed by atoms with Crippen molar-refractivity contribution in [1.29, 1.82) is 0 Å². The van der Waals surface area contributed by atoms with Gasteiger partial charge in [-0.15, -0.1) is 5.10 Å². The first-order chi connectivity index (χ1) is 14.3. The van der Waals surface area contributed by atoms with Gasteiger partial charge < -0.3 is 22.1 Å². The van der Waals surface area contributed by atoms with Gasteiger partial charge in [-0.05, 0) is 59.8 Å². The number of tetrazole rings is 1. The molecule has 1 N–H and O–H groups in total. The van der Waals surface area contributed by atoms with E-state index in [9.17, 15) is 0 Å². The minimum Gasteiger partial charge on any atom is -1.00 e. The molecule has 0 unspecified atom stereocenters. The van der Waals surface area contributed by atoms with E-state index in [4.69, 9.17) is 4.42 Å². The molecule has 0 radical (unpaired) electrons. The van der Waals surface area contributed by atoms with E-state index in [0.29, 0.717) is 6.54 Å². The fraction of sp³-hybridized carbons (Fsp3) is 0.190. The number of rotatable bonds is 9. The number of nitrogens with zero attached hydrogens (tertiary/aromatic N) is 4. The maximum Gasteiger partial charge on any atom is 0.214 e. The van der Waals surface area contributed by atoms with E-state index >= 15 is 0 Å². The second-order valence-corrected chi connectivity index (χ2v) is 8.34. The normalized spacial score (nSPS) is 10.7. The lowest BCUT2D eigenvalue weighted by molar-refractivity contribution is -0.00000635. The van der Waals surface area contributed by atoms with Crippen molar-refractivity contribution in [3.8, 4) is 17.0 Å². The van der Waals surface area contributed by atoms with Crippen molar-refractivity contribution in [3.63, 3.8) is 0 Å². The molecule has 156 valence electrons. The molecule has 4 rings (SSSR count). The van der Waals surface area contributed by atoms with Crippen LogP contribution in [0.4, 0.5) is 0 Å². The zero-order valence-corrected chi connectivity index (χ0v) is 19.2. The average Bonchev–Trinajstić information content (AvgIpc) is 3.41. The smallest absolute Gasteiger partial charge is 0.214 e. The third-order valence-corrected chi connectivity index (χ3v) is 5.79. The molecule has 2 heterocycles. The molecule has 0 aliphatic carbocycles. The highest BCUT2D eigenvalue weighted by Crippen LogP contribution is 2.24. The lowest BCUT2D eigenvalue weighted by atomic mass is 10.2. The van der Waals surface area contributed by atoms with Crippen LogP contribution >= 0.6 is 27.7 Å². The molecule has 0 saturated carbocycles. The molecule has 4 aromatic rings.